The molecular formula is C19H23FN2O4S. The third kappa shape index (κ3) is 3.14. The molecule has 1 aromatic carbocycles. The molecular weight excluding hydrogens is 371 g/mol. The van der Waals surface area contributed by atoms with E-state index in [1.165, 1.54) is 19.2 Å². The van der Waals surface area contributed by atoms with Crippen LogP contribution in [0, 0.1) is 17.7 Å². The van der Waals surface area contributed by atoms with Gasteiger partial charge in [0.15, 0.2) is 0 Å². The maximum atomic E-state index is 13.4. The summed E-state index contributed by atoms with van der Waals surface area (Å²) in [6, 6.07) is 5.21. The third-order valence-corrected chi connectivity index (χ3v) is 6.06. The molecule has 27 heavy (non-hydrogen) atoms. The summed E-state index contributed by atoms with van der Waals surface area (Å²) in [6.07, 6.45) is 2.27. The van der Waals surface area contributed by atoms with Crippen LogP contribution in [0.5, 0.6) is 0 Å². The summed E-state index contributed by atoms with van der Waals surface area (Å²) in [5.74, 6) is -2.56. The first-order valence-electron chi connectivity index (χ1n) is 8.88. The van der Waals surface area contributed by atoms with E-state index in [2.05, 4.69) is 5.32 Å². The zero-order chi connectivity index (χ0) is 19.8. The molecule has 2 amide bonds. The average Bonchev–Trinajstić information content (AvgIpc) is 3.11. The number of fused-ring (bicyclic) bond motifs is 1. The number of likely N-dealkylation sites (tertiary alicyclic amines) is 1. The van der Waals surface area contributed by atoms with Crippen molar-refractivity contribution in [2.75, 3.05) is 25.7 Å². The average molecular weight is 394 g/mol. The van der Waals surface area contributed by atoms with Gasteiger partial charge in [-0.1, -0.05) is 12.1 Å². The number of imide groups is 1. The van der Waals surface area contributed by atoms with Crippen molar-refractivity contribution in [3.8, 4) is 0 Å². The topological polar surface area (TPSA) is 75.7 Å². The lowest BCUT2D eigenvalue weighted by molar-refractivity contribution is -0.156. The van der Waals surface area contributed by atoms with Crippen molar-refractivity contribution in [1.29, 1.82) is 0 Å². The quantitative estimate of drug-likeness (QED) is 0.585. The standard InChI is InChI=1S/C19H23FN2O4S/c1-4-26-18(25)19(9-10-27-3)14-13(16(23)22(2)17(14)24)15(21-19)11-5-7-12(20)8-6-11/h5-8,13-15,21H,4,9-10H2,1-3H3/t13-,14+,15-,19-/m0/s1. The maximum Gasteiger partial charge on any atom is 0.327 e. The number of thioether (sulfide) groups is 1. The van der Waals surface area contributed by atoms with E-state index in [0.717, 1.165) is 4.90 Å². The molecule has 2 fully saturated rings. The number of nitrogens with one attached hydrogen (secondary N) is 1. The molecule has 0 bridgehead atoms. The Kier molecular flexibility index (Phi) is 5.58. The molecule has 0 unspecified atom stereocenters. The Morgan fingerprint density at radius 3 is 2.56 bits per heavy atom. The SMILES string of the molecule is CCOC(=O)[C@@]1(CCSC)N[C@@H](c2ccc(F)cc2)[C@H]2C(=O)N(C)C(=O)[C@@H]21. The lowest BCUT2D eigenvalue weighted by atomic mass is 9.78. The number of ether oxygens (including phenoxy) is 1. The number of esters is 1. The second kappa shape index (κ2) is 7.59. The molecule has 0 saturated carbocycles. The van der Waals surface area contributed by atoms with Gasteiger partial charge in [-0.2, -0.15) is 11.8 Å². The molecule has 8 heteroatoms. The van der Waals surface area contributed by atoms with Gasteiger partial charge in [-0.25, -0.2) is 4.39 Å². The molecule has 2 aliphatic heterocycles. The third-order valence-electron chi connectivity index (χ3n) is 5.44. The Hall–Kier alpha value is -1.93. The molecule has 0 aliphatic carbocycles. The van der Waals surface area contributed by atoms with Crippen molar-refractivity contribution in [2.45, 2.75) is 24.9 Å². The van der Waals surface area contributed by atoms with Gasteiger partial charge in [0.2, 0.25) is 11.8 Å². The van der Waals surface area contributed by atoms with Crippen LogP contribution in [0.3, 0.4) is 0 Å². The van der Waals surface area contributed by atoms with Gasteiger partial charge in [0.25, 0.3) is 0 Å². The molecule has 6 nitrogen and oxygen atoms in total. The highest BCUT2D eigenvalue weighted by Gasteiger charge is 2.67. The first kappa shape index (κ1) is 19.8. The minimum absolute atomic E-state index is 0.179. The van der Waals surface area contributed by atoms with Gasteiger partial charge in [0, 0.05) is 13.1 Å². The fourth-order valence-corrected chi connectivity index (χ4v) is 4.67. The van der Waals surface area contributed by atoms with Crippen molar-refractivity contribution in [2.24, 2.45) is 11.8 Å². The minimum Gasteiger partial charge on any atom is -0.465 e. The minimum atomic E-state index is -1.28. The summed E-state index contributed by atoms with van der Waals surface area (Å²) in [7, 11) is 1.44. The highest BCUT2D eigenvalue weighted by atomic mass is 32.2. The monoisotopic (exact) mass is 394 g/mol. The van der Waals surface area contributed by atoms with Crippen LogP contribution in [0.15, 0.2) is 24.3 Å². The number of hydrogen-bond donors (Lipinski definition) is 1. The van der Waals surface area contributed by atoms with Crippen LogP contribution in [0.2, 0.25) is 0 Å². The predicted octanol–water partition coefficient (Wildman–Crippen LogP) is 1.76. The summed E-state index contributed by atoms with van der Waals surface area (Å²) >= 11 is 1.55. The Morgan fingerprint density at radius 2 is 1.96 bits per heavy atom. The molecule has 0 radical (unpaired) electrons. The number of benzene rings is 1. The number of nitrogens with zero attached hydrogens (tertiary/aromatic N) is 1. The zero-order valence-electron chi connectivity index (χ0n) is 15.5. The van der Waals surface area contributed by atoms with Gasteiger partial charge in [-0.3, -0.25) is 24.6 Å². The summed E-state index contributed by atoms with van der Waals surface area (Å²) < 4.78 is 18.7. The van der Waals surface area contributed by atoms with Gasteiger partial charge < -0.3 is 4.74 Å². The summed E-state index contributed by atoms with van der Waals surface area (Å²) in [5, 5.41) is 3.26. The van der Waals surface area contributed by atoms with E-state index in [1.54, 1.807) is 30.8 Å². The maximum absolute atomic E-state index is 13.4. The van der Waals surface area contributed by atoms with Crippen LogP contribution in [0.1, 0.15) is 24.9 Å². The molecule has 146 valence electrons. The number of carbonyl (C=O) groups is 3. The Bertz CT molecular complexity index is 757. The van der Waals surface area contributed by atoms with Gasteiger partial charge >= 0.3 is 5.97 Å². The molecule has 0 spiro atoms. The van der Waals surface area contributed by atoms with Crippen molar-refractivity contribution in [1.82, 2.24) is 10.2 Å². The molecule has 0 aromatic heterocycles. The lowest BCUT2D eigenvalue weighted by Gasteiger charge is -2.32. The van der Waals surface area contributed by atoms with E-state index >= 15 is 0 Å². The van der Waals surface area contributed by atoms with Crippen molar-refractivity contribution in [3.63, 3.8) is 0 Å². The first-order chi connectivity index (χ1) is 12.9. The normalized spacial score (nSPS) is 29.9. The number of amides is 2. The molecule has 2 heterocycles. The fourth-order valence-electron chi connectivity index (χ4n) is 4.15. The molecule has 2 saturated heterocycles. The fraction of sp³-hybridized carbons (Fsp3) is 0.526. The predicted molar refractivity (Wildman–Crippen MR) is 99.4 cm³/mol. The van der Waals surface area contributed by atoms with Crippen molar-refractivity contribution < 1.29 is 23.5 Å². The van der Waals surface area contributed by atoms with E-state index in [4.69, 9.17) is 4.74 Å². The molecule has 1 aromatic rings. The van der Waals surface area contributed by atoms with Crippen LogP contribution in [0.25, 0.3) is 0 Å². The Labute approximate surface area is 161 Å². The number of carbonyl (C=O) groups excluding carboxylic acids is 3. The van der Waals surface area contributed by atoms with Gasteiger partial charge in [-0.05, 0) is 43.0 Å². The summed E-state index contributed by atoms with van der Waals surface area (Å²) in [4.78, 5) is 39.8. The first-order valence-corrected chi connectivity index (χ1v) is 10.3. The van der Waals surface area contributed by atoms with Gasteiger partial charge in [0.05, 0.1) is 18.4 Å². The van der Waals surface area contributed by atoms with Crippen LogP contribution < -0.4 is 5.32 Å². The van der Waals surface area contributed by atoms with Crippen LogP contribution in [-0.4, -0.2) is 53.9 Å². The lowest BCUT2D eigenvalue weighted by Crippen LogP contribution is -2.56. The Morgan fingerprint density at radius 1 is 1.30 bits per heavy atom. The van der Waals surface area contributed by atoms with Crippen molar-refractivity contribution >= 4 is 29.5 Å². The smallest absolute Gasteiger partial charge is 0.327 e. The number of halogens is 1. The largest absolute Gasteiger partial charge is 0.465 e. The Balaban J connectivity index is 2.10. The van der Waals surface area contributed by atoms with E-state index in [-0.39, 0.29) is 18.4 Å². The number of rotatable bonds is 6. The molecule has 2 aliphatic rings. The molecule has 1 N–H and O–H groups in total. The van der Waals surface area contributed by atoms with E-state index in [9.17, 15) is 18.8 Å². The van der Waals surface area contributed by atoms with Gasteiger partial charge in [0.1, 0.15) is 11.4 Å². The van der Waals surface area contributed by atoms with Crippen LogP contribution >= 0.6 is 11.8 Å². The van der Waals surface area contributed by atoms with Crippen LogP contribution in [-0.2, 0) is 19.1 Å². The second-order valence-electron chi connectivity index (χ2n) is 6.85. The van der Waals surface area contributed by atoms with E-state index < -0.39 is 35.2 Å². The highest BCUT2D eigenvalue weighted by molar-refractivity contribution is 7.98. The summed E-state index contributed by atoms with van der Waals surface area (Å²) in [6.45, 7) is 1.88. The van der Waals surface area contributed by atoms with E-state index in [0.29, 0.717) is 17.7 Å². The van der Waals surface area contributed by atoms with Crippen molar-refractivity contribution in [3.05, 3.63) is 35.6 Å². The van der Waals surface area contributed by atoms with E-state index in [1.807, 2.05) is 6.26 Å². The highest BCUT2D eigenvalue weighted by Crippen LogP contribution is 2.50. The summed E-state index contributed by atoms with van der Waals surface area (Å²) in [5.41, 5.74) is -0.613. The van der Waals surface area contributed by atoms with Crippen LogP contribution in [0.4, 0.5) is 4.39 Å². The zero-order valence-corrected chi connectivity index (χ0v) is 16.3. The molecule has 3 rings (SSSR count). The number of hydrogen-bond acceptors (Lipinski definition) is 6. The second-order valence-corrected chi connectivity index (χ2v) is 7.83. The molecule has 4 atom stereocenters. The van der Waals surface area contributed by atoms with Gasteiger partial charge in [-0.15, -0.1) is 0 Å².